The van der Waals surface area contributed by atoms with Crippen molar-refractivity contribution < 1.29 is 8.98 Å². The molecule has 0 aliphatic heterocycles. The molecule has 0 spiro atoms. The fourth-order valence-electron chi connectivity index (χ4n) is 4.06. The zero-order valence-corrected chi connectivity index (χ0v) is 17.2. The summed E-state index contributed by atoms with van der Waals surface area (Å²) in [6, 6.07) is 21.3. The van der Waals surface area contributed by atoms with Crippen molar-refractivity contribution in [3.05, 3.63) is 72.4 Å². The maximum atomic E-state index is 6.32. The highest BCUT2D eigenvalue weighted by Crippen LogP contribution is 2.37. The standard InChI is InChI=1S/C25H24N3O/c1-16(2)28-15-14-20(26-28)21-9-7-10-22(27(21)4)24-17(3)12-13-19-18-8-5-6-11-23(18)29-25(19)24/h5-16H,1-4H3/q+1. The van der Waals surface area contributed by atoms with Crippen molar-refractivity contribution in [3.63, 3.8) is 0 Å². The lowest BCUT2D eigenvalue weighted by Gasteiger charge is -2.08. The summed E-state index contributed by atoms with van der Waals surface area (Å²) in [7, 11) is 2.10. The minimum atomic E-state index is 0.337. The van der Waals surface area contributed by atoms with Gasteiger partial charge in [0.25, 0.3) is 0 Å². The molecule has 0 radical (unpaired) electrons. The van der Waals surface area contributed by atoms with Gasteiger partial charge in [0.2, 0.25) is 11.4 Å². The average molecular weight is 382 g/mol. The van der Waals surface area contributed by atoms with Gasteiger partial charge in [0.15, 0.2) is 5.69 Å². The minimum absolute atomic E-state index is 0.337. The molecule has 4 heteroatoms. The topological polar surface area (TPSA) is 34.8 Å². The van der Waals surface area contributed by atoms with Crippen LogP contribution in [-0.4, -0.2) is 9.78 Å². The molecule has 3 aromatic heterocycles. The monoisotopic (exact) mass is 382 g/mol. The molecule has 0 aliphatic carbocycles. The molecule has 0 atom stereocenters. The summed E-state index contributed by atoms with van der Waals surface area (Å²) in [5, 5.41) is 7.07. The first-order valence-corrected chi connectivity index (χ1v) is 10.0. The largest absolute Gasteiger partial charge is 0.455 e. The summed E-state index contributed by atoms with van der Waals surface area (Å²) in [4.78, 5) is 0. The Balaban J connectivity index is 1.76. The Morgan fingerprint density at radius 2 is 1.69 bits per heavy atom. The van der Waals surface area contributed by atoms with E-state index in [1.54, 1.807) is 0 Å². The molecule has 5 rings (SSSR count). The molecule has 0 saturated carbocycles. The second-order valence-corrected chi connectivity index (χ2v) is 7.86. The van der Waals surface area contributed by atoms with Crippen LogP contribution < -0.4 is 4.57 Å². The van der Waals surface area contributed by atoms with E-state index in [-0.39, 0.29) is 0 Å². The molecule has 0 unspecified atom stereocenters. The van der Waals surface area contributed by atoms with Crippen molar-refractivity contribution in [2.75, 3.05) is 0 Å². The van der Waals surface area contributed by atoms with E-state index in [1.165, 1.54) is 5.56 Å². The fraction of sp³-hybridized carbons (Fsp3) is 0.200. The van der Waals surface area contributed by atoms with E-state index < -0.39 is 0 Å². The van der Waals surface area contributed by atoms with Crippen molar-refractivity contribution in [1.82, 2.24) is 9.78 Å². The number of hydrogen-bond donors (Lipinski definition) is 0. The van der Waals surface area contributed by atoms with E-state index in [9.17, 15) is 0 Å². The molecule has 0 fully saturated rings. The van der Waals surface area contributed by atoms with Crippen LogP contribution in [0, 0.1) is 6.92 Å². The number of benzene rings is 2. The van der Waals surface area contributed by atoms with Crippen LogP contribution in [0.3, 0.4) is 0 Å². The Kier molecular flexibility index (Phi) is 4.02. The first-order valence-electron chi connectivity index (χ1n) is 10.0. The predicted molar refractivity (Wildman–Crippen MR) is 117 cm³/mol. The third kappa shape index (κ3) is 2.75. The van der Waals surface area contributed by atoms with Gasteiger partial charge in [0.05, 0.1) is 5.56 Å². The van der Waals surface area contributed by atoms with Crippen LogP contribution in [0.2, 0.25) is 0 Å². The second kappa shape index (κ2) is 6.59. The van der Waals surface area contributed by atoms with Crippen LogP contribution >= 0.6 is 0 Å². The first kappa shape index (κ1) is 17.7. The van der Waals surface area contributed by atoms with Gasteiger partial charge in [-0.05, 0) is 44.5 Å². The number of furan rings is 1. The Hall–Kier alpha value is -3.40. The number of aromatic nitrogens is 3. The molecule has 0 bridgehead atoms. The Labute approximate surface area is 170 Å². The average Bonchev–Trinajstić information content (AvgIpc) is 3.33. The summed E-state index contributed by atoms with van der Waals surface area (Å²) in [5.74, 6) is 0. The van der Waals surface area contributed by atoms with Gasteiger partial charge in [-0.15, -0.1) is 0 Å². The van der Waals surface area contributed by atoms with Gasteiger partial charge >= 0.3 is 0 Å². The van der Waals surface area contributed by atoms with Crippen LogP contribution in [0.5, 0.6) is 0 Å². The Morgan fingerprint density at radius 1 is 0.897 bits per heavy atom. The van der Waals surface area contributed by atoms with Gasteiger partial charge in [-0.1, -0.05) is 30.3 Å². The van der Waals surface area contributed by atoms with E-state index >= 15 is 0 Å². The smallest absolute Gasteiger partial charge is 0.233 e. The molecule has 2 aromatic carbocycles. The summed E-state index contributed by atoms with van der Waals surface area (Å²) in [5.41, 5.74) is 7.34. The van der Waals surface area contributed by atoms with Crippen molar-refractivity contribution in [3.8, 4) is 22.6 Å². The van der Waals surface area contributed by atoms with Gasteiger partial charge in [-0.3, -0.25) is 4.68 Å². The number of rotatable bonds is 3. The number of nitrogens with zero attached hydrogens (tertiary/aromatic N) is 3. The molecular weight excluding hydrogens is 358 g/mol. The molecule has 0 amide bonds. The highest BCUT2D eigenvalue weighted by Gasteiger charge is 2.23. The van der Waals surface area contributed by atoms with Crippen LogP contribution in [0.1, 0.15) is 25.5 Å². The number of pyridine rings is 1. The quantitative estimate of drug-likeness (QED) is 0.368. The van der Waals surface area contributed by atoms with Gasteiger partial charge in [-0.2, -0.15) is 9.67 Å². The minimum Gasteiger partial charge on any atom is -0.455 e. The molecule has 0 N–H and O–H groups in total. The molecule has 0 saturated heterocycles. The number of fused-ring (bicyclic) bond motifs is 3. The van der Waals surface area contributed by atoms with Crippen molar-refractivity contribution >= 4 is 21.9 Å². The normalized spacial score (nSPS) is 11.8. The van der Waals surface area contributed by atoms with E-state index in [2.05, 4.69) is 80.9 Å². The van der Waals surface area contributed by atoms with E-state index in [1.807, 2.05) is 23.0 Å². The first-order chi connectivity index (χ1) is 14.0. The third-order valence-electron chi connectivity index (χ3n) is 5.64. The number of aryl methyl sites for hydroxylation is 1. The molecule has 4 nitrogen and oxygen atoms in total. The molecule has 144 valence electrons. The number of hydrogen-bond acceptors (Lipinski definition) is 2. The van der Waals surface area contributed by atoms with Crippen molar-refractivity contribution in [2.24, 2.45) is 7.05 Å². The molecule has 3 heterocycles. The Bertz CT molecular complexity index is 1360. The van der Waals surface area contributed by atoms with E-state index in [0.29, 0.717) is 6.04 Å². The lowest BCUT2D eigenvalue weighted by atomic mass is 10.00. The van der Waals surface area contributed by atoms with E-state index in [0.717, 1.165) is 44.6 Å². The lowest BCUT2D eigenvalue weighted by molar-refractivity contribution is -0.649. The maximum absolute atomic E-state index is 6.32. The molecule has 29 heavy (non-hydrogen) atoms. The zero-order chi connectivity index (χ0) is 20.1. The molecule has 5 aromatic rings. The summed E-state index contributed by atoms with van der Waals surface area (Å²) in [6.07, 6.45) is 2.04. The fourth-order valence-corrected chi connectivity index (χ4v) is 4.06. The summed E-state index contributed by atoms with van der Waals surface area (Å²) >= 11 is 0. The molecule has 0 aliphatic rings. The van der Waals surface area contributed by atoms with Crippen molar-refractivity contribution in [2.45, 2.75) is 26.8 Å². The summed E-state index contributed by atoms with van der Waals surface area (Å²) in [6.45, 7) is 6.42. The highest BCUT2D eigenvalue weighted by atomic mass is 16.3. The predicted octanol–water partition coefficient (Wildman–Crippen LogP) is 5.83. The third-order valence-corrected chi connectivity index (χ3v) is 5.64. The van der Waals surface area contributed by atoms with E-state index in [4.69, 9.17) is 9.52 Å². The van der Waals surface area contributed by atoms with Crippen molar-refractivity contribution in [1.29, 1.82) is 0 Å². The van der Waals surface area contributed by atoms with Gasteiger partial charge in [-0.25, -0.2) is 0 Å². The van der Waals surface area contributed by atoms with Crippen LogP contribution in [0.15, 0.2) is 71.3 Å². The lowest BCUT2D eigenvalue weighted by Crippen LogP contribution is -2.34. The van der Waals surface area contributed by atoms with Crippen LogP contribution in [0.4, 0.5) is 0 Å². The maximum Gasteiger partial charge on any atom is 0.233 e. The van der Waals surface area contributed by atoms with Crippen LogP contribution in [0.25, 0.3) is 44.6 Å². The van der Waals surface area contributed by atoms with Gasteiger partial charge in [0, 0.05) is 35.1 Å². The SMILES string of the molecule is Cc1ccc2c(oc3ccccc32)c1-c1cccc(-c2ccn(C(C)C)n2)[n+]1C. The second-order valence-electron chi connectivity index (χ2n) is 7.86. The Morgan fingerprint density at radius 3 is 2.48 bits per heavy atom. The van der Waals surface area contributed by atoms with Crippen LogP contribution in [-0.2, 0) is 7.05 Å². The zero-order valence-electron chi connectivity index (χ0n) is 17.2. The van der Waals surface area contributed by atoms with Gasteiger partial charge in [0.1, 0.15) is 18.2 Å². The highest BCUT2D eigenvalue weighted by molar-refractivity contribution is 6.09. The van der Waals surface area contributed by atoms with Gasteiger partial charge < -0.3 is 4.42 Å². The number of para-hydroxylation sites is 1. The summed E-state index contributed by atoms with van der Waals surface area (Å²) < 4.78 is 10.5. The molecular formula is C25H24N3O+.